The molecule has 128 valence electrons. The summed E-state index contributed by atoms with van der Waals surface area (Å²) in [5.74, 6) is 1.69. The Morgan fingerprint density at radius 2 is 2.04 bits per heavy atom. The van der Waals surface area contributed by atoms with E-state index in [1.54, 1.807) is 12.1 Å². The van der Waals surface area contributed by atoms with Gasteiger partial charge in [0.2, 0.25) is 12.3 Å². The molecule has 1 fully saturated rings. The summed E-state index contributed by atoms with van der Waals surface area (Å²) < 4.78 is 10.8. The van der Waals surface area contributed by atoms with Gasteiger partial charge in [-0.2, -0.15) is 0 Å². The van der Waals surface area contributed by atoms with Crippen molar-refractivity contribution >= 4 is 5.91 Å². The third kappa shape index (κ3) is 3.75. The number of likely N-dealkylation sites (N-methyl/N-ethyl adjacent to an activating group) is 1. The molecule has 1 aromatic heterocycles. The Morgan fingerprint density at radius 1 is 1.29 bits per heavy atom. The Hall–Kier alpha value is -2.37. The third-order valence-electron chi connectivity index (χ3n) is 4.78. The number of hydrogen-bond acceptors (Lipinski definition) is 5. The van der Waals surface area contributed by atoms with E-state index in [1.165, 1.54) is 25.7 Å². The summed E-state index contributed by atoms with van der Waals surface area (Å²) >= 11 is 0. The molecule has 0 spiro atoms. The standard InChI is InChI=1S/C18H23N3O3/c1-13-5-3-4-6-16(13)21(2)17(22)11-23-15-9-7-14(8-10-15)18-20-19-12-24-18/h7-10,12-13,16H,3-6,11H2,1-2H3/t13-,16-/m0/s1. The van der Waals surface area contributed by atoms with Crippen LogP contribution in [0.15, 0.2) is 35.1 Å². The van der Waals surface area contributed by atoms with E-state index in [9.17, 15) is 4.79 Å². The number of rotatable bonds is 5. The second kappa shape index (κ2) is 7.47. The molecule has 0 saturated heterocycles. The van der Waals surface area contributed by atoms with Gasteiger partial charge in [-0.3, -0.25) is 4.79 Å². The van der Waals surface area contributed by atoms with E-state index in [1.807, 2.05) is 24.1 Å². The SMILES string of the molecule is C[C@H]1CCCC[C@@H]1N(C)C(=O)COc1ccc(-c2nnco2)cc1. The van der Waals surface area contributed by atoms with Gasteiger partial charge in [0.25, 0.3) is 5.91 Å². The molecule has 0 bridgehead atoms. The topological polar surface area (TPSA) is 68.5 Å². The van der Waals surface area contributed by atoms with Crippen molar-refractivity contribution in [3.8, 4) is 17.2 Å². The van der Waals surface area contributed by atoms with Crippen LogP contribution in [0.2, 0.25) is 0 Å². The van der Waals surface area contributed by atoms with Crippen molar-refractivity contribution in [2.24, 2.45) is 5.92 Å². The molecule has 1 heterocycles. The summed E-state index contributed by atoms with van der Waals surface area (Å²) in [5.41, 5.74) is 0.819. The summed E-state index contributed by atoms with van der Waals surface area (Å²) in [6, 6.07) is 7.60. The van der Waals surface area contributed by atoms with Gasteiger partial charge in [-0.25, -0.2) is 0 Å². The first-order valence-corrected chi connectivity index (χ1v) is 8.40. The highest BCUT2D eigenvalue weighted by Gasteiger charge is 2.27. The molecule has 1 saturated carbocycles. The zero-order chi connectivity index (χ0) is 16.9. The molecule has 6 heteroatoms. The second-order valence-corrected chi connectivity index (χ2v) is 6.39. The highest BCUT2D eigenvalue weighted by atomic mass is 16.5. The van der Waals surface area contributed by atoms with E-state index >= 15 is 0 Å². The van der Waals surface area contributed by atoms with Crippen LogP contribution < -0.4 is 4.74 Å². The van der Waals surface area contributed by atoms with Gasteiger partial charge in [-0.1, -0.05) is 19.8 Å². The summed E-state index contributed by atoms with van der Waals surface area (Å²) in [5, 5.41) is 7.51. The number of carbonyl (C=O) groups is 1. The van der Waals surface area contributed by atoms with Crippen LogP contribution in [0.25, 0.3) is 11.5 Å². The lowest BCUT2D eigenvalue weighted by molar-refractivity contribution is -0.135. The minimum atomic E-state index is 0.0229. The quantitative estimate of drug-likeness (QED) is 0.843. The van der Waals surface area contributed by atoms with Gasteiger partial charge in [-0.15, -0.1) is 10.2 Å². The van der Waals surface area contributed by atoms with E-state index in [0.717, 1.165) is 12.0 Å². The number of ether oxygens (including phenoxy) is 1. The van der Waals surface area contributed by atoms with Gasteiger partial charge >= 0.3 is 0 Å². The molecule has 0 radical (unpaired) electrons. The van der Waals surface area contributed by atoms with E-state index in [4.69, 9.17) is 9.15 Å². The lowest BCUT2D eigenvalue weighted by atomic mass is 9.85. The second-order valence-electron chi connectivity index (χ2n) is 6.39. The average Bonchev–Trinajstić information content (AvgIpc) is 3.14. The normalized spacial score (nSPS) is 20.6. The molecular weight excluding hydrogens is 306 g/mol. The molecule has 1 aromatic carbocycles. The fraction of sp³-hybridized carbons (Fsp3) is 0.500. The predicted octanol–water partition coefficient (Wildman–Crippen LogP) is 3.15. The van der Waals surface area contributed by atoms with Crippen molar-refractivity contribution in [1.82, 2.24) is 15.1 Å². The highest BCUT2D eigenvalue weighted by molar-refractivity contribution is 5.77. The number of benzene rings is 1. The molecule has 1 aliphatic carbocycles. The monoisotopic (exact) mass is 329 g/mol. The molecule has 24 heavy (non-hydrogen) atoms. The summed E-state index contributed by atoms with van der Waals surface area (Å²) in [6.45, 7) is 2.28. The molecule has 2 atom stereocenters. The van der Waals surface area contributed by atoms with Crippen molar-refractivity contribution < 1.29 is 13.9 Å². The Balaban J connectivity index is 1.54. The van der Waals surface area contributed by atoms with E-state index in [-0.39, 0.29) is 12.5 Å². The van der Waals surface area contributed by atoms with Crippen LogP contribution in [0.3, 0.4) is 0 Å². The number of carbonyl (C=O) groups excluding carboxylic acids is 1. The molecule has 0 aliphatic heterocycles. The van der Waals surface area contributed by atoms with Gasteiger partial charge < -0.3 is 14.1 Å². The number of nitrogens with zero attached hydrogens (tertiary/aromatic N) is 3. The summed E-state index contributed by atoms with van der Waals surface area (Å²) in [7, 11) is 1.89. The number of aromatic nitrogens is 2. The van der Waals surface area contributed by atoms with Crippen LogP contribution in [0.5, 0.6) is 5.75 Å². The van der Waals surface area contributed by atoms with Crippen molar-refractivity contribution in [2.75, 3.05) is 13.7 Å². The van der Waals surface area contributed by atoms with E-state index in [2.05, 4.69) is 17.1 Å². The largest absolute Gasteiger partial charge is 0.484 e. The fourth-order valence-electron chi connectivity index (χ4n) is 3.30. The minimum absolute atomic E-state index is 0.0229. The lowest BCUT2D eigenvalue weighted by Gasteiger charge is -2.36. The maximum absolute atomic E-state index is 12.4. The van der Waals surface area contributed by atoms with Crippen LogP contribution in [0.1, 0.15) is 32.6 Å². The molecule has 6 nitrogen and oxygen atoms in total. The molecule has 3 rings (SSSR count). The Morgan fingerprint density at radius 3 is 2.71 bits per heavy atom. The smallest absolute Gasteiger partial charge is 0.260 e. The average molecular weight is 329 g/mol. The Labute approximate surface area is 141 Å². The van der Waals surface area contributed by atoms with Gasteiger partial charge in [0.15, 0.2) is 6.61 Å². The first-order chi connectivity index (χ1) is 11.6. The zero-order valence-corrected chi connectivity index (χ0v) is 14.1. The van der Waals surface area contributed by atoms with Crippen molar-refractivity contribution in [3.63, 3.8) is 0 Å². The van der Waals surface area contributed by atoms with Crippen molar-refractivity contribution in [3.05, 3.63) is 30.7 Å². The first-order valence-electron chi connectivity index (χ1n) is 8.40. The van der Waals surface area contributed by atoms with Gasteiger partial charge in [0, 0.05) is 18.7 Å². The molecule has 1 amide bonds. The van der Waals surface area contributed by atoms with Crippen LogP contribution in [-0.4, -0.2) is 40.7 Å². The van der Waals surface area contributed by atoms with Crippen molar-refractivity contribution in [1.29, 1.82) is 0 Å². The fourth-order valence-corrected chi connectivity index (χ4v) is 3.30. The highest BCUT2D eigenvalue weighted by Crippen LogP contribution is 2.27. The van der Waals surface area contributed by atoms with Crippen LogP contribution in [0.4, 0.5) is 0 Å². The van der Waals surface area contributed by atoms with Crippen LogP contribution in [-0.2, 0) is 4.79 Å². The molecular formula is C18H23N3O3. The molecule has 2 aromatic rings. The molecule has 0 unspecified atom stereocenters. The molecule has 1 aliphatic rings. The molecule has 0 N–H and O–H groups in total. The van der Waals surface area contributed by atoms with E-state index < -0.39 is 0 Å². The lowest BCUT2D eigenvalue weighted by Crippen LogP contribution is -2.44. The number of hydrogen-bond donors (Lipinski definition) is 0. The van der Waals surface area contributed by atoms with Gasteiger partial charge in [-0.05, 0) is 43.0 Å². The third-order valence-corrected chi connectivity index (χ3v) is 4.78. The zero-order valence-electron chi connectivity index (χ0n) is 14.1. The maximum Gasteiger partial charge on any atom is 0.260 e. The Bertz CT molecular complexity index is 655. The van der Waals surface area contributed by atoms with E-state index in [0.29, 0.717) is 23.6 Å². The summed E-state index contributed by atoms with van der Waals surface area (Å²) in [4.78, 5) is 14.2. The minimum Gasteiger partial charge on any atom is -0.484 e. The van der Waals surface area contributed by atoms with Crippen LogP contribution in [0, 0.1) is 5.92 Å². The van der Waals surface area contributed by atoms with Gasteiger partial charge in [0.05, 0.1) is 0 Å². The van der Waals surface area contributed by atoms with Crippen LogP contribution >= 0.6 is 0 Å². The van der Waals surface area contributed by atoms with Crippen molar-refractivity contribution in [2.45, 2.75) is 38.6 Å². The maximum atomic E-state index is 12.4. The first kappa shape index (κ1) is 16.5. The number of amides is 1. The van der Waals surface area contributed by atoms with Gasteiger partial charge in [0.1, 0.15) is 5.75 Å². The Kier molecular flexibility index (Phi) is 5.13. The summed E-state index contributed by atoms with van der Waals surface area (Å²) in [6.07, 6.45) is 6.04. The predicted molar refractivity (Wildman–Crippen MR) is 89.4 cm³/mol.